The maximum absolute atomic E-state index is 6.13. The number of halogens is 2. The van der Waals surface area contributed by atoms with Crippen molar-refractivity contribution in [2.24, 2.45) is 17.4 Å². The van der Waals surface area contributed by atoms with Crippen LogP contribution in [0.15, 0.2) is 65.2 Å². The van der Waals surface area contributed by atoms with E-state index in [0.29, 0.717) is 21.6 Å². The van der Waals surface area contributed by atoms with Crippen molar-refractivity contribution in [2.75, 3.05) is 7.11 Å². The summed E-state index contributed by atoms with van der Waals surface area (Å²) in [5.41, 5.74) is 3.15. The quantitative estimate of drug-likeness (QED) is 0.334. The molecule has 0 N–H and O–H groups in total. The lowest BCUT2D eigenvalue weighted by atomic mass is 10.0. The molecular weight excluding hydrogens is 423 g/mol. The Morgan fingerprint density at radius 1 is 1.20 bits per heavy atom. The van der Waals surface area contributed by atoms with Crippen LogP contribution >= 0.6 is 23.2 Å². The molecule has 30 heavy (non-hydrogen) atoms. The highest BCUT2D eigenvalue weighted by atomic mass is 35.5. The Morgan fingerprint density at radius 2 is 2.00 bits per heavy atom. The third-order valence-electron chi connectivity index (χ3n) is 4.50. The fraction of sp³-hybridized carbons (Fsp3) is 0.227. The van der Waals surface area contributed by atoms with E-state index < -0.39 is 0 Å². The van der Waals surface area contributed by atoms with E-state index in [1.54, 1.807) is 24.5 Å². The number of rotatable bonds is 8. The summed E-state index contributed by atoms with van der Waals surface area (Å²) in [6.07, 6.45) is 5.70. The number of imidazole rings is 1. The third kappa shape index (κ3) is 5.01. The summed E-state index contributed by atoms with van der Waals surface area (Å²) in [5.74, 6) is 0.681. The minimum atomic E-state index is -0.246. The Hall–Kier alpha value is -2.83. The van der Waals surface area contributed by atoms with E-state index in [0.717, 1.165) is 23.1 Å². The molecule has 0 bridgehead atoms. The predicted octanol–water partition coefficient (Wildman–Crippen LogP) is 5.63. The van der Waals surface area contributed by atoms with Crippen molar-refractivity contribution in [3.05, 3.63) is 87.4 Å². The second-order valence-electron chi connectivity index (χ2n) is 6.48. The number of aryl methyl sites for hydroxylation is 1. The normalized spacial score (nSPS) is 12.9. The lowest BCUT2D eigenvalue weighted by molar-refractivity contribution is 0.0570. The second kappa shape index (κ2) is 10.3. The van der Waals surface area contributed by atoms with Crippen LogP contribution < -0.4 is 0 Å². The fourth-order valence-corrected chi connectivity index (χ4v) is 3.27. The smallest absolute Gasteiger partial charge is 0.162 e. The van der Waals surface area contributed by atoms with Gasteiger partial charge in [0, 0.05) is 30.6 Å². The van der Waals surface area contributed by atoms with Gasteiger partial charge in [-0.3, -0.25) is 0 Å². The van der Waals surface area contributed by atoms with Crippen molar-refractivity contribution in [2.45, 2.75) is 19.4 Å². The number of hydrogen-bond donors (Lipinski definition) is 0. The van der Waals surface area contributed by atoms with Gasteiger partial charge in [-0.1, -0.05) is 70.8 Å². The molecule has 1 heterocycles. The van der Waals surface area contributed by atoms with Crippen molar-refractivity contribution >= 4 is 35.1 Å². The molecule has 0 aliphatic carbocycles. The zero-order valence-electron chi connectivity index (χ0n) is 16.9. The molecule has 0 saturated carbocycles. The molecule has 0 saturated heterocycles. The van der Waals surface area contributed by atoms with Crippen molar-refractivity contribution in [1.82, 2.24) is 9.55 Å². The van der Waals surface area contributed by atoms with Crippen LogP contribution in [0.5, 0.6) is 0 Å². The number of nitrogens with zero attached hydrogens (tertiary/aromatic N) is 4. The number of aromatic nitrogens is 2. The van der Waals surface area contributed by atoms with Gasteiger partial charge in [-0.25, -0.2) is 4.98 Å². The van der Waals surface area contributed by atoms with Gasteiger partial charge in [-0.15, -0.1) is 0 Å². The van der Waals surface area contributed by atoms with Gasteiger partial charge in [0.05, 0.1) is 16.3 Å². The van der Waals surface area contributed by atoms with E-state index in [9.17, 15) is 0 Å². The average Bonchev–Trinajstić information content (AvgIpc) is 3.17. The van der Waals surface area contributed by atoms with Crippen LogP contribution in [0, 0.1) is 0 Å². The summed E-state index contributed by atoms with van der Waals surface area (Å²) in [7, 11) is 3.41. The second-order valence-corrected chi connectivity index (χ2v) is 7.30. The van der Waals surface area contributed by atoms with E-state index in [4.69, 9.17) is 32.9 Å². The minimum Gasteiger partial charge on any atom is -0.399 e. The molecule has 3 aromatic rings. The molecule has 0 fully saturated rings. The van der Waals surface area contributed by atoms with Crippen LogP contribution in [0.25, 0.3) is 0 Å². The highest BCUT2D eigenvalue weighted by Crippen LogP contribution is 2.29. The molecule has 6 nitrogen and oxygen atoms in total. The molecule has 1 aromatic heterocycles. The first-order valence-electron chi connectivity index (χ1n) is 9.37. The molecule has 156 valence electrons. The van der Waals surface area contributed by atoms with E-state index in [2.05, 4.69) is 15.3 Å². The summed E-state index contributed by atoms with van der Waals surface area (Å²) in [4.78, 5) is 15.2. The van der Waals surface area contributed by atoms with Crippen molar-refractivity contribution in [1.29, 1.82) is 0 Å². The summed E-state index contributed by atoms with van der Waals surface area (Å²) in [6, 6.07) is 13.1. The Balaban J connectivity index is 1.86. The lowest BCUT2D eigenvalue weighted by Gasteiger charge is -2.14. The van der Waals surface area contributed by atoms with Gasteiger partial charge in [0.15, 0.2) is 17.6 Å². The van der Waals surface area contributed by atoms with Gasteiger partial charge < -0.3 is 14.2 Å². The highest BCUT2D eigenvalue weighted by molar-refractivity contribution is 6.42. The Kier molecular flexibility index (Phi) is 7.49. The van der Waals surface area contributed by atoms with Gasteiger partial charge in [0.2, 0.25) is 0 Å². The number of oxime groups is 2. The first kappa shape index (κ1) is 21.9. The molecular formula is C22H22Cl2N4O2. The maximum Gasteiger partial charge on any atom is 0.162 e. The summed E-state index contributed by atoms with van der Waals surface area (Å²) in [5, 5.41) is 9.40. The van der Waals surface area contributed by atoms with Crippen LogP contribution in [0.4, 0.5) is 0 Å². The molecule has 0 spiro atoms. The van der Waals surface area contributed by atoms with Crippen molar-refractivity contribution in [3.8, 4) is 0 Å². The molecule has 2 aromatic carbocycles. The molecule has 0 aliphatic rings. The molecule has 1 unspecified atom stereocenters. The van der Waals surface area contributed by atoms with E-state index in [-0.39, 0.29) is 6.10 Å². The van der Waals surface area contributed by atoms with Gasteiger partial charge >= 0.3 is 0 Å². The van der Waals surface area contributed by atoms with Crippen LogP contribution in [0.2, 0.25) is 10.0 Å². The summed E-state index contributed by atoms with van der Waals surface area (Å²) >= 11 is 12.1. The van der Waals surface area contributed by atoms with Gasteiger partial charge in [0.25, 0.3) is 0 Å². The van der Waals surface area contributed by atoms with E-state index in [1.807, 2.05) is 55.1 Å². The average molecular weight is 445 g/mol. The third-order valence-corrected chi connectivity index (χ3v) is 5.24. The first-order chi connectivity index (χ1) is 14.5. The molecule has 0 aliphatic heterocycles. The molecule has 8 heteroatoms. The summed E-state index contributed by atoms with van der Waals surface area (Å²) < 4.78 is 1.87. The highest BCUT2D eigenvalue weighted by Gasteiger charge is 2.16. The van der Waals surface area contributed by atoms with E-state index >= 15 is 0 Å². The minimum absolute atomic E-state index is 0.246. The molecule has 0 amide bonds. The van der Waals surface area contributed by atoms with Gasteiger partial charge in [-0.2, -0.15) is 0 Å². The first-order valence-corrected chi connectivity index (χ1v) is 10.1. The van der Waals surface area contributed by atoms with Crippen molar-refractivity contribution < 1.29 is 9.68 Å². The summed E-state index contributed by atoms with van der Waals surface area (Å²) in [6.45, 7) is 2.01. The lowest BCUT2D eigenvalue weighted by Crippen LogP contribution is -2.13. The van der Waals surface area contributed by atoms with Crippen LogP contribution in [-0.2, 0) is 16.7 Å². The van der Waals surface area contributed by atoms with Crippen LogP contribution in [0.1, 0.15) is 42.0 Å². The van der Waals surface area contributed by atoms with Crippen LogP contribution in [0.3, 0.4) is 0 Å². The Morgan fingerprint density at radius 3 is 2.67 bits per heavy atom. The molecule has 0 radical (unpaired) electrons. The zero-order chi connectivity index (χ0) is 21.5. The van der Waals surface area contributed by atoms with Gasteiger partial charge in [0.1, 0.15) is 7.11 Å². The maximum atomic E-state index is 6.13. The fourth-order valence-electron chi connectivity index (χ4n) is 2.97. The van der Waals surface area contributed by atoms with Crippen LogP contribution in [-0.4, -0.2) is 28.6 Å². The predicted molar refractivity (Wildman–Crippen MR) is 120 cm³/mol. The van der Waals surface area contributed by atoms with Crippen molar-refractivity contribution in [3.63, 3.8) is 0 Å². The largest absolute Gasteiger partial charge is 0.399 e. The standard InChI is InChI=1S/C22H22Cl2N4O2/c1-4-20(15-9-10-18(23)19(24)13-15)30-26-14-16-7-5-6-8-17(16)21(27-29-3)22-25-11-12-28(22)2/h5-14,20H,4H2,1-3H3/b26-14+,27-21+. The molecule has 3 rings (SSSR count). The Labute approximate surface area is 185 Å². The topological polar surface area (TPSA) is 61.0 Å². The number of hydrogen-bond acceptors (Lipinski definition) is 5. The van der Waals surface area contributed by atoms with E-state index in [1.165, 1.54) is 7.11 Å². The SMILES string of the molecule is CCC(O/N=C/c1ccccc1/C(=N\OC)c1nccn1C)c1ccc(Cl)c(Cl)c1. The monoisotopic (exact) mass is 444 g/mol. The number of benzene rings is 2. The zero-order valence-corrected chi connectivity index (χ0v) is 18.4. The molecule has 1 atom stereocenters. The Bertz CT molecular complexity index is 1060. The van der Waals surface area contributed by atoms with Gasteiger partial charge in [-0.05, 0) is 24.1 Å².